The molecule has 0 aromatic heterocycles. The highest BCUT2D eigenvalue weighted by Gasteiger charge is 2.52. The summed E-state index contributed by atoms with van der Waals surface area (Å²) in [6.07, 6.45) is 4.22. The van der Waals surface area contributed by atoms with Gasteiger partial charge in [0.15, 0.2) is 0 Å². The second-order valence-electron chi connectivity index (χ2n) is 7.40. The fourth-order valence-corrected chi connectivity index (χ4v) is 3.59. The Morgan fingerprint density at radius 3 is 2.52 bits per heavy atom. The average Bonchev–Trinajstić information content (AvgIpc) is 2.83. The first-order valence-electron chi connectivity index (χ1n) is 10.6. The minimum Gasteiger partial charge on any atom is -0.497 e. The Balaban J connectivity index is 1.91. The van der Waals surface area contributed by atoms with Crippen molar-refractivity contribution < 1.29 is 28.6 Å². The van der Waals surface area contributed by atoms with Crippen molar-refractivity contribution in [3.8, 4) is 5.75 Å². The van der Waals surface area contributed by atoms with Crippen molar-refractivity contribution in [2.24, 2.45) is 0 Å². The zero-order valence-electron chi connectivity index (χ0n) is 18.7. The molecular weight excluding hydrogens is 422 g/mol. The largest absolute Gasteiger partial charge is 0.497 e. The summed E-state index contributed by atoms with van der Waals surface area (Å²) in [6.45, 7) is 5.34. The fraction of sp³-hybridized carbons (Fsp3) is 0.269. The molecule has 1 amide bonds. The highest BCUT2D eigenvalue weighted by molar-refractivity contribution is 6.06. The average molecular weight is 450 g/mol. The molecule has 7 nitrogen and oxygen atoms in total. The second-order valence-corrected chi connectivity index (χ2v) is 7.40. The number of para-hydroxylation sites is 1. The standard InChI is InChI=1S/C26H27NO6/c1-4-6-12-23(29)33-25-24(18-13-15-20(31-3)16-14-18)27(26(25)30)21-11-8-7-10-19(21)17-32-22(28)9-5-2/h4-5,7-11,13-16,24-25H,1,6,12,17H2,2-3H3/b9-5+/t24-,25-/m0/s1. The molecule has 0 unspecified atom stereocenters. The molecule has 1 aliphatic rings. The van der Waals surface area contributed by atoms with Crippen LogP contribution >= 0.6 is 0 Å². The van der Waals surface area contributed by atoms with E-state index in [1.165, 1.54) is 6.08 Å². The number of hydrogen-bond acceptors (Lipinski definition) is 6. The maximum absolute atomic E-state index is 13.2. The third-order valence-electron chi connectivity index (χ3n) is 5.24. The van der Waals surface area contributed by atoms with E-state index < -0.39 is 24.1 Å². The molecule has 0 spiro atoms. The predicted octanol–water partition coefficient (Wildman–Crippen LogP) is 4.28. The minimum atomic E-state index is -0.950. The van der Waals surface area contributed by atoms with Crippen LogP contribution < -0.4 is 9.64 Å². The SMILES string of the molecule is C=CCCC(=O)O[C@@H]1C(=O)N(c2ccccc2COC(=O)/C=C/C)[C@H]1c1ccc(OC)cc1. The fourth-order valence-electron chi connectivity index (χ4n) is 3.59. The number of benzene rings is 2. The van der Waals surface area contributed by atoms with E-state index in [4.69, 9.17) is 14.2 Å². The van der Waals surface area contributed by atoms with Crippen LogP contribution in [-0.4, -0.2) is 31.1 Å². The molecule has 0 N–H and O–H groups in total. The topological polar surface area (TPSA) is 82.1 Å². The molecule has 172 valence electrons. The van der Waals surface area contributed by atoms with Gasteiger partial charge in [-0.2, -0.15) is 0 Å². The van der Waals surface area contributed by atoms with Gasteiger partial charge in [-0.3, -0.25) is 14.5 Å². The maximum atomic E-state index is 13.2. The van der Waals surface area contributed by atoms with Crippen LogP contribution in [-0.2, 0) is 30.5 Å². The number of β-lactam (4-membered cyclic amide) rings is 1. The van der Waals surface area contributed by atoms with Crippen molar-refractivity contribution in [2.75, 3.05) is 12.0 Å². The van der Waals surface area contributed by atoms with E-state index in [0.29, 0.717) is 23.4 Å². The molecule has 1 saturated heterocycles. The van der Waals surface area contributed by atoms with Gasteiger partial charge in [-0.25, -0.2) is 4.79 Å². The van der Waals surface area contributed by atoms with Gasteiger partial charge >= 0.3 is 11.9 Å². The number of nitrogens with zero attached hydrogens (tertiary/aromatic N) is 1. The summed E-state index contributed by atoms with van der Waals surface area (Å²) >= 11 is 0. The van der Waals surface area contributed by atoms with Crippen LogP contribution in [0.1, 0.15) is 36.9 Å². The van der Waals surface area contributed by atoms with E-state index in [9.17, 15) is 14.4 Å². The van der Waals surface area contributed by atoms with E-state index in [-0.39, 0.29) is 18.9 Å². The molecule has 2 atom stereocenters. The van der Waals surface area contributed by atoms with E-state index in [0.717, 1.165) is 5.56 Å². The van der Waals surface area contributed by atoms with Gasteiger partial charge in [0, 0.05) is 18.1 Å². The Bertz CT molecular complexity index is 1040. The lowest BCUT2D eigenvalue weighted by Crippen LogP contribution is -2.61. The number of allylic oxidation sites excluding steroid dienone is 2. The summed E-state index contributed by atoms with van der Waals surface area (Å²) in [6, 6.07) is 13.9. The number of hydrogen-bond donors (Lipinski definition) is 0. The monoisotopic (exact) mass is 449 g/mol. The van der Waals surface area contributed by atoms with E-state index in [1.807, 2.05) is 18.2 Å². The van der Waals surface area contributed by atoms with E-state index in [1.54, 1.807) is 61.4 Å². The molecule has 2 aromatic rings. The summed E-state index contributed by atoms with van der Waals surface area (Å²) in [4.78, 5) is 38.8. The van der Waals surface area contributed by atoms with Crippen molar-refractivity contribution >= 4 is 23.5 Å². The second kappa shape index (κ2) is 11.1. The molecule has 3 rings (SSSR count). The van der Waals surface area contributed by atoms with Gasteiger partial charge < -0.3 is 14.2 Å². The van der Waals surface area contributed by atoms with E-state index in [2.05, 4.69) is 6.58 Å². The van der Waals surface area contributed by atoms with Crippen LogP contribution in [0.2, 0.25) is 0 Å². The molecule has 2 aromatic carbocycles. The molecule has 0 radical (unpaired) electrons. The number of carbonyl (C=O) groups excluding carboxylic acids is 3. The summed E-state index contributed by atoms with van der Waals surface area (Å²) < 4.78 is 16.1. The smallest absolute Gasteiger partial charge is 0.330 e. The molecule has 0 saturated carbocycles. The number of rotatable bonds is 10. The lowest BCUT2D eigenvalue weighted by molar-refractivity contribution is -0.162. The number of ether oxygens (including phenoxy) is 3. The van der Waals surface area contributed by atoms with Crippen molar-refractivity contribution in [1.29, 1.82) is 0 Å². The highest BCUT2D eigenvalue weighted by Crippen LogP contribution is 2.43. The minimum absolute atomic E-state index is 0.00223. The molecule has 1 fully saturated rings. The summed E-state index contributed by atoms with van der Waals surface area (Å²) in [5, 5.41) is 0. The van der Waals surface area contributed by atoms with Gasteiger partial charge in [0.05, 0.1) is 12.8 Å². The summed E-state index contributed by atoms with van der Waals surface area (Å²) in [7, 11) is 1.57. The van der Waals surface area contributed by atoms with Crippen LogP contribution in [0, 0.1) is 0 Å². The first kappa shape index (κ1) is 23.8. The quantitative estimate of drug-likeness (QED) is 0.233. The molecule has 7 heteroatoms. The number of methoxy groups -OCH3 is 1. The van der Waals surface area contributed by atoms with E-state index >= 15 is 0 Å². The Morgan fingerprint density at radius 1 is 1.12 bits per heavy atom. The van der Waals surface area contributed by atoms with Crippen molar-refractivity contribution in [3.63, 3.8) is 0 Å². The van der Waals surface area contributed by atoms with Gasteiger partial charge in [0.25, 0.3) is 5.91 Å². The summed E-state index contributed by atoms with van der Waals surface area (Å²) in [5.74, 6) is -0.593. The molecule has 33 heavy (non-hydrogen) atoms. The number of amides is 1. The van der Waals surface area contributed by atoms with Gasteiger partial charge in [-0.05, 0) is 37.1 Å². The van der Waals surface area contributed by atoms with Crippen molar-refractivity contribution in [3.05, 3.63) is 84.5 Å². The number of anilines is 1. The van der Waals surface area contributed by atoms with Crippen LogP contribution in [0.25, 0.3) is 0 Å². The van der Waals surface area contributed by atoms with Crippen molar-refractivity contribution in [1.82, 2.24) is 0 Å². The lowest BCUT2D eigenvalue weighted by Gasteiger charge is -2.46. The Morgan fingerprint density at radius 2 is 1.85 bits per heavy atom. The van der Waals surface area contributed by atoms with Gasteiger partial charge in [-0.1, -0.05) is 42.5 Å². The lowest BCUT2D eigenvalue weighted by atomic mass is 9.89. The Labute approximate surface area is 193 Å². The van der Waals surface area contributed by atoms with Gasteiger partial charge in [-0.15, -0.1) is 6.58 Å². The third kappa shape index (κ3) is 5.49. The van der Waals surface area contributed by atoms with Crippen LogP contribution in [0.3, 0.4) is 0 Å². The Hall–Kier alpha value is -3.87. The maximum Gasteiger partial charge on any atom is 0.330 e. The zero-order valence-corrected chi connectivity index (χ0v) is 18.7. The molecule has 1 heterocycles. The molecule has 0 aliphatic carbocycles. The highest BCUT2D eigenvalue weighted by atomic mass is 16.6. The van der Waals surface area contributed by atoms with Crippen LogP contribution in [0.15, 0.2) is 73.3 Å². The first-order valence-corrected chi connectivity index (χ1v) is 10.6. The normalized spacial score (nSPS) is 17.4. The van der Waals surface area contributed by atoms with Gasteiger partial charge in [0.1, 0.15) is 18.4 Å². The molecular formula is C26H27NO6. The number of carbonyl (C=O) groups is 3. The van der Waals surface area contributed by atoms with Crippen LogP contribution in [0.5, 0.6) is 5.75 Å². The van der Waals surface area contributed by atoms with Crippen molar-refractivity contribution in [2.45, 2.75) is 38.5 Å². The molecule has 1 aliphatic heterocycles. The third-order valence-corrected chi connectivity index (χ3v) is 5.24. The number of esters is 2. The summed E-state index contributed by atoms with van der Waals surface area (Å²) in [5.41, 5.74) is 2.05. The first-order chi connectivity index (χ1) is 16.0. The Kier molecular flexibility index (Phi) is 8.02. The molecule has 0 bridgehead atoms. The predicted molar refractivity (Wildman–Crippen MR) is 124 cm³/mol. The van der Waals surface area contributed by atoms with Crippen LogP contribution in [0.4, 0.5) is 5.69 Å². The zero-order chi connectivity index (χ0) is 23.8. The van der Waals surface area contributed by atoms with Gasteiger partial charge in [0.2, 0.25) is 6.10 Å².